The summed E-state index contributed by atoms with van der Waals surface area (Å²) >= 11 is 18.4. The average molecular weight is 572 g/mol. The lowest BCUT2D eigenvalue weighted by atomic mass is 9.86. The highest BCUT2D eigenvalue weighted by Crippen LogP contribution is 2.26. The highest BCUT2D eigenvalue weighted by Gasteiger charge is 2.32. The topological polar surface area (TPSA) is 83.9 Å². The lowest BCUT2D eigenvalue weighted by Gasteiger charge is -2.31. The van der Waals surface area contributed by atoms with Crippen LogP contribution in [-0.2, 0) is 17.9 Å². The quantitative estimate of drug-likeness (QED) is 0.202. The molecule has 198 valence electrons. The molecule has 0 radical (unpaired) electrons. The van der Waals surface area contributed by atoms with E-state index in [1.807, 2.05) is 80.2 Å². The predicted molar refractivity (Wildman–Crippen MR) is 155 cm³/mol. The van der Waals surface area contributed by atoms with Crippen molar-refractivity contribution < 1.29 is 4.79 Å². The maximum atomic E-state index is 13.4. The smallest absolute Gasteiger partial charge is 0.243 e. The van der Waals surface area contributed by atoms with Gasteiger partial charge in [-0.05, 0) is 52.9 Å². The fourth-order valence-corrected chi connectivity index (χ4v) is 4.50. The summed E-state index contributed by atoms with van der Waals surface area (Å²) in [6.45, 7) is 6.73. The molecule has 1 unspecified atom stereocenters. The monoisotopic (exact) mass is 570 g/mol. The highest BCUT2D eigenvalue weighted by molar-refractivity contribution is 6.35. The number of amides is 1. The van der Waals surface area contributed by atoms with Gasteiger partial charge in [0, 0.05) is 46.6 Å². The Morgan fingerprint density at radius 2 is 1.66 bits per heavy atom. The molecule has 0 aliphatic heterocycles. The van der Waals surface area contributed by atoms with Gasteiger partial charge in [-0.1, -0.05) is 73.8 Å². The number of carbonyl (C=O) groups excluding carboxylic acids is 1. The number of nitrogens with zero attached hydrogens (tertiary/aromatic N) is 3. The summed E-state index contributed by atoms with van der Waals surface area (Å²) in [5, 5.41) is 11.3. The second-order valence-electron chi connectivity index (χ2n) is 9.91. The van der Waals surface area contributed by atoms with E-state index in [1.165, 1.54) is 0 Å². The molecule has 4 aromatic rings. The number of nitrogens with one attached hydrogen (secondary N) is 3. The minimum atomic E-state index is -0.596. The van der Waals surface area contributed by atoms with E-state index in [1.54, 1.807) is 18.2 Å². The summed E-state index contributed by atoms with van der Waals surface area (Å²) in [6, 6.07) is 17.8. The van der Waals surface area contributed by atoms with Crippen LogP contribution >= 0.6 is 34.8 Å². The predicted octanol–water partition coefficient (Wildman–Crippen LogP) is 6.98. The van der Waals surface area contributed by atoms with Crippen LogP contribution in [0.3, 0.4) is 0 Å². The zero-order valence-corrected chi connectivity index (χ0v) is 23.6. The van der Waals surface area contributed by atoms with Gasteiger partial charge in [-0.3, -0.25) is 4.79 Å². The molecule has 2 heterocycles. The van der Waals surface area contributed by atoms with E-state index < -0.39 is 11.5 Å². The highest BCUT2D eigenvalue weighted by atomic mass is 35.5. The van der Waals surface area contributed by atoms with Crippen LogP contribution < -0.4 is 16.0 Å². The number of hydrogen-bond acceptors (Lipinski definition) is 5. The zero-order valence-electron chi connectivity index (χ0n) is 21.3. The van der Waals surface area contributed by atoms with Gasteiger partial charge in [0.1, 0.15) is 17.7 Å². The van der Waals surface area contributed by atoms with Crippen molar-refractivity contribution in [2.75, 3.05) is 10.6 Å². The van der Waals surface area contributed by atoms with Gasteiger partial charge in [-0.15, -0.1) is 0 Å². The van der Waals surface area contributed by atoms with Crippen LogP contribution in [0.25, 0.3) is 5.82 Å². The average Bonchev–Trinajstić information content (AvgIpc) is 3.40. The van der Waals surface area contributed by atoms with Crippen LogP contribution in [0.15, 0.2) is 73.1 Å². The van der Waals surface area contributed by atoms with Crippen molar-refractivity contribution in [2.24, 2.45) is 5.41 Å². The third-order valence-corrected chi connectivity index (χ3v) is 6.63. The first kappa shape index (κ1) is 27.8. The molecule has 1 amide bonds. The minimum Gasteiger partial charge on any atom is -0.358 e. The summed E-state index contributed by atoms with van der Waals surface area (Å²) in [5.41, 5.74) is 1.34. The van der Waals surface area contributed by atoms with E-state index in [0.717, 1.165) is 11.1 Å². The summed E-state index contributed by atoms with van der Waals surface area (Å²) in [7, 11) is 0. The number of anilines is 2. The Hall–Kier alpha value is -3.26. The molecule has 3 N–H and O–H groups in total. The zero-order chi connectivity index (χ0) is 27.3. The van der Waals surface area contributed by atoms with Gasteiger partial charge >= 0.3 is 0 Å². The maximum Gasteiger partial charge on any atom is 0.243 e. The Balaban J connectivity index is 1.56. The van der Waals surface area contributed by atoms with E-state index in [2.05, 4.69) is 25.9 Å². The first-order chi connectivity index (χ1) is 18.1. The molecule has 4 rings (SSSR count). The molecule has 2 aromatic carbocycles. The first-order valence-corrected chi connectivity index (χ1v) is 13.2. The molecule has 0 aliphatic rings. The third kappa shape index (κ3) is 7.40. The molecule has 2 aromatic heterocycles. The van der Waals surface area contributed by atoms with Crippen molar-refractivity contribution in [3.8, 4) is 5.82 Å². The first-order valence-electron chi connectivity index (χ1n) is 12.1. The van der Waals surface area contributed by atoms with E-state index in [4.69, 9.17) is 34.8 Å². The molecule has 0 spiro atoms. The second kappa shape index (κ2) is 12.1. The molecule has 0 saturated heterocycles. The van der Waals surface area contributed by atoms with Crippen LogP contribution in [0.2, 0.25) is 15.1 Å². The standard InChI is InChI=1S/C28H29Cl3N6O/c1-28(2,3)25(26(38)32-17-19-9-10-21(30)14-22(19)31)34-23-15-24(37-11-4-5-12-37)36-27(35-23)33-16-18-7-6-8-20(29)13-18/h4-15,25H,16-17H2,1-3H3,(H,32,38)(H2,33,34,35,36). The molecular formula is C28H29Cl3N6O. The summed E-state index contributed by atoms with van der Waals surface area (Å²) in [6.07, 6.45) is 3.80. The Labute approximate surface area is 237 Å². The molecule has 7 nitrogen and oxygen atoms in total. The van der Waals surface area contributed by atoms with Crippen molar-refractivity contribution in [3.05, 3.63) is 99.3 Å². The minimum absolute atomic E-state index is 0.182. The van der Waals surface area contributed by atoms with Crippen LogP contribution in [0.1, 0.15) is 31.9 Å². The number of hydrogen-bond donors (Lipinski definition) is 3. The number of rotatable bonds is 9. The molecule has 0 saturated carbocycles. The van der Waals surface area contributed by atoms with E-state index in [-0.39, 0.29) is 12.5 Å². The molecule has 0 bridgehead atoms. The molecule has 10 heteroatoms. The van der Waals surface area contributed by atoms with Crippen molar-refractivity contribution in [1.29, 1.82) is 0 Å². The number of halogens is 3. The largest absolute Gasteiger partial charge is 0.358 e. The van der Waals surface area contributed by atoms with Crippen LogP contribution in [0.5, 0.6) is 0 Å². The van der Waals surface area contributed by atoms with Gasteiger partial charge in [0.15, 0.2) is 0 Å². The Morgan fingerprint density at radius 1 is 0.921 bits per heavy atom. The third-order valence-electron chi connectivity index (χ3n) is 5.81. The van der Waals surface area contributed by atoms with Gasteiger partial charge in [0.2, 0.25) is 11.9 Å². The van der Waals surface area contributed by atoms with Crippen LogP contribution in [0.4, 0.5) is 11.8 Å². The summed E-state index contributed by atoms with van der Waals surface area (Å²) in [5.74, 6) is 1.40. The van der Waals surface area contributed by atoms with E-state index in [0.29, 0.717) is 39.2 Å². The lowest BCUT2D eigenvalue weighted by Crippen LogP contribution is -2.47. The van der Waals surface area contributed by atoms with Crippen molar-refractivity contribution in [3.63, 3.8) is 0 Å². The molecule has 0 fully saturated rings. The molecule has 38 heavy (non-hydrogen) atoms. The maximum absolute atomic E-state index is 13.4. The van der Waals surface area contributed by atoms with Gasteiger partial charge in [-0.25, -0.2) is 0 Å². The van der Waals surface area contributed by atoms with Crippen LogP contribution in [0, 0.1) is 5.41 Å². The molecule has 1 atom stereocenters. The second-order valence-corrected chi connectivity index (χ2v) is 11.2. The number of benzene rings is 2. The summed E-state index contributed by atoms with van der Waals surface area (Å²) < 4.78 is 1.88. The van der Waals surface area contributed by atoms with Crippen LogP contribution in [-0.4, -0.2) is 26.5 Å². The van der Waals surface area contributed by atoms with E-state index in [9.17, 15) is 4.79 Å². The van der Waals surface area contributed by atoms with Gasteiger partial charge in [-0.2, -0.15) is 9.97 Å². The molecule has 0 aliphatic carbocycles. The SMILES string of the molecule is CC(C)(C)C(Nc1cc(-n2cccc2)nc(NCc2cccc(Cl)c2)n1)C(=O)NCc1ccc(Cl)cc1Cl. The molecular weight excluding hydrogens is 543 g/mol. The van der Waals surface area contributed by atoms with Gasteiger partial charge in [0.25, 0.3) is 0 Å². The fourth-order valence-electron chi connectivity index (χ4n) is 3.81. The van der Waals surface area contributed by atoms with Crippen molar-refractivity contribution in [1.82, 2.24) is 19.9 Å². The Kier molecular flexibility index (Phi) is 8.82. The number of aromatic nitrogens is 3. The van der Waals surface area contributed by atoms with Gasteiger partial charge in [0.05, 0.1) is 0 Å². The van der Waals surface area contributed by atoms with E-state index >= 15 is 0 Å². The number of carbonyl (C=O) groups is 1. The fraction of sp³-hybridized carbons (Fsp3) is 0.250. The summed E-state index contributed by atoms with van der Waals surface area (Å²) in [4.78, 5) is 22.7. The van der Waals surface area contributed by atoms with Crippen molar-refractivity contribution in [2.45, 2.75) is 39.9 Å². The Bertz CT molecular complexity index is 1400. The van der Waals surface area contributed by atoms with Gasteiger partial charge < -0.3 is 20.5 Å². The lowest BCUT2D eigenvalue weighted by molar-refractivity contribution is -0.124. The Morgan fingerprint density at radius 3 is 2.34 bits per heavy atom. The normalized spacial score (nSPS) is 12.2. The van der Waals surface area contributed by atoms with Crippen molar-refractivity contribution >= 4 is 52.5 Å².